The quantitative estimate of drug-likeness (QED) is 0.664. The molecule has 82 valence electrons. The van der Waals surface area contributed by atoms with Crippen LogP contribution in [0.25, 0.3) is 0 Å². The summed E-state index contributed by atoms with van der Waals surface area (Å²) in [6, 6.07) is 2.16. The van der Waals surface area contributed by atoms with Gasteiger partial charge in [-0.1, -0.05) is 19.1 Å². The number of nitrogens with zero attached hydrogens (tertiary/aromatic N) is 1. The molecule has 1 fully saturated rings. The SMILES string of the molecule is C=C(C)[C@@H]1CC(=O)[C@H](C)[C@@H](CCC#N)C1. The van der Waals surface area contributed by atoms with Gasteiger partial charge in [-0.25, -0.2) is 0 Å². The summed E-state index contributed by atoms with van der Waals surface area (Å²) in [6.07, 6.45) is 3.10. The largest absolute Gasteiger partial charge is 0.299 e. The van der Waals surface area contributed by atoms with E-state index in [4.69, 9.17) is 5.26 Å². The first kappa shape index (κ1) is 12.0. The first-order valence-electron chi connectivity index (χ1n) is 5.61. The maximum absolute atomic E-state index is 11.8. The summed E-state index contributed by atoms with van der Waals surface area (Å²) in [5.74, 6) is 1.20. The van der Waals surface area contributed by atoms with Gasteiger partial charge < -0.3 is 0 Å². The van der Waals surface area contributed by atoms with Crippen molar-refractivity contribution in [2.24, 2.45) is 17.8 Å². The van der Waals surface area contributed by atoms with Gasteiger partial charge in [-0.2, -0.15) is 5.26 Å². The Balaban J connectivity index is 2.65. The van der Waals surface area contributed by atoms with Crippen LogP contribution in [0.4, 0.5) is 0 Å². The fraction of sp³-hybridized carbons (Fsp3) is 0.692. The van der Waals surface area contributed by atoms with E-state index in [9.17, 15) is 4.79 Å². The molecule has 0 radical (unpaired) electrons. The Morgan fingerprint density at radius 2 is 2.33 bits per heavy atom. The molecule has 0 aliphatic heterocycles. The molecule has 0 spiro atoms. The number of carbonyl (C=O) groups is 1. The normalized spacial score (nSPS) is 31.0. The molecule has 0 aromatic carbocycles. The van der Waals surface area contributed by atoms with Gasteiger partial charge in [0.15, 0.2) is 0 Å². The second-order valence-corrected chi connectivity index (χ2v) is 4.69. The topological polar surface area (TPSA) is 40.9 Å². The number of carbonyl (C=O) groups excluding carboxylic acids is 1. The van der Waals surface area contributed by atoms with E-state index in [0.717, 1.165) is 18.4 Å². The smallest absolute Gasteiger partial charge is 0.136 e. The van der Waals surface area contributed by atoms with E-state index in [1.165, 1.54) is 0 Å². The lowest BCUT2D eigenvalue weighted by molar-refractivity contribution is -0.127. The predicted molar refractivity (Wildman–Crippen MR) is 60.0 cm³/mol. The molecule has 0 amide bonds. The van der Waals surface area contributed by atoms with Crippen molar-refractivity contribution < 1.29 is 4.79 Å². The minimum atomic E-state index is 0.133. The van der Waals surface area contributed by atoms with Crippen LogP contribution in [0.2, 0.25) is 0 Å². The van der Waals surface area contributed by atoms with Gasteiger partial charge in [0.2, 0.25) is 0 Å². The maximum atomic E-state index is 11.8. The summed E-state index contributed by atoms with van der Waals surface area (Å²) in [6.45, 7) is 7.93. The van der Waals surface area contributed by atoms with Crippen molar-refractivity contribution in [3.8, 4) is 6.07 Å². The molecule has 0 bridgehead atoms. The van der Waals surface area contributed by atoms with E-state index in [-0.39, 0.29) is 5.92 Å². The van der Waals surface area contributed by atoms with Crippen molar-refractivity contribution in [1.82, 2.24) is 0 Å². The second-order valence-electron chi connectivity index (χ2n) is 4.69. The van der Waals surface area contributed by atoms with E-state index < -0.39 is 0 Å². The van der Waals surface area contributed by atoms with Gasteiger partial charge in [0.05, 0.1) is 6.07 Å². The molecule has 1 aliphatic carbocycles. The van der Waals surface area contributed by atoms with Crippen LogP contribution in [0.15, 0.2) is 12.2 Å². The van der Waals surface area contributed by atoms with Crippen LogP contribution in [-0.4, -0.2) is 5.78 Å². The van der Waals surface area contributed by atoms with Gasteiger partial charge in [0.25, 0.3) is 0 Å². The third kappa shape index (κ3) is 2.92. The minimum Gasteiger partial charge on any atom is -0.299 e. The first-order valence-corrected chi connectivity index (χ1v) is 5.61. The number of nitriles is 1. The number of rotatable bonds is 3. The van der Waals surface area contributed by atoms with Crippen molar-refractivity contribution in [2.45, 2.75) is 39.5 Å². The van der Waals surface area contributed by atoms with Crippen LogP contribution < -0.4 is 0 Å². The molecule has 1 rings (SSSR count). The Morgan fingerprint density at radius 3 is 2.87 bits per heavy atom. The Labute approximate surface area is 92.0 Å². The summed E-state index contributed by atoms with van der Waals surface area (Å²) in [7, 11) is 0. The fourth-order valence-corrected chi connectivity index (χ4v) is 2.34. The molecule has 2 heteroatoms. The van der Waals surface area contributed by atoms with Crippen LogP contribution in [0, 0.1) is 29.1 Å². The predicted octanol–water partition coefficient (Wildman–Crippen LogP) is 3.10. The molecule has 1 saturated carbocycles. The van der Waals surface area contributed by atoms with Crippen molar-refractivity contribution in [2.75, 3.05) is 0 Å². The van der Waals surface area contributed by atoms with Crippen LogP contribution in [0.3, 0.4) is 0 Å². The highest BCUT2D eigenvalue weighted by Gasteiger charge is 2.33. The molecular weight excluding hydrogens is 186 g/mol. The van der Waals surface area contributed by atoms with Crippen LogP contribution in [0.5, 0.6) is 0 Å². The van der Waals surface area contributed by atoms with Crippen LogP contribution in [-0.2, 0) is 4.79 Å². The molecule has 15 heavy (non-hydrogen) atoms. The molecule has 1 aliphatic rings. The monoisotopic (exact) mass is 205 g/mol. The Kier molecular flexibility index (Phi) is 4.08. The van der Waals surface area contributed by atoms with Crippen molar-refractivity contribution in [3.63, 3.8) is 0 Å². The molecule has 2 nitrogen and oxygen atoms in total. The lowest BCUT2D eigenvalue weighted by atomic mass is 9.70. The van der Waals surface area contributed by atoms with E-state index in [1.807, 2.05) is 13.8 Å². The summed E-state index contributed by atoms with van der Waals surface area (Å²) in [4.78, 5) is 11.8. The summed E-state index contributed by atoms with van der Waals surface area (Å²) in [5.41, 5.74) is 1.11. The number of ketones is 1. The van der Waals surface area contributed by atoms with Gasteiger partial charge in [-0.15, -0.1) is 0 Å². The summed E-state index contributed by atoms with van der Waals surface area (Å²) in [5, 5.41) is 8.57. The summed E-state index contributed by atoms with van der Waals surface area (Å²) >= 11 is 0. The molecule has 3 atom stereocenters. The maximum Gasteiger partial charge on any atom is 0.136 e. The fourth-order valence-electron chi connectivity index (χ4n) is 2.34. The lowest BCUT2D eigenvalue weighted by Crippen LogP contribution is -2.31. The average Bonchev–Trinajstić information content (AvgIpc) is 2.19. The van der Waals surface area contributed by atoms with E-state index in [0.29, 0.717) is 30.5 Å². The minimum absolute atomic E-state index is 0.133. The number of hydrogen-bond donors (Lipinski definition) is 0. The van der Waals surface area contributed by atoms with Gasteiger partial charge in [0, 0.05) is 18.8 Å². The van der Waals surface area contributed by atoms with Crippen molar-refractivity contribution in [1.29, 1.82) is 5.26 Å². The average molecular weight is 205 g/mol. The van der Waals surface area contributed by atoms with Crippen molar-refractivity contribution >= 4 is 5.78 Å². The highest BCUT2D eigenvalue weighted by atomic mass is 16.1. The van der Waals surface area contributed by atoms with Gasteiger partial charge >= 0.3 is 0 Å². The standard InChI is InChI=1S/C13H19NO/c1-9(2)12-7-11(5-4-6-14)10(3)13(15)8-12/h10-12H,1,4-5,7-8H2,2-3H3/t10-,11+,12+/m1/s1. The van der Waals surface area contributed by atoms with E-state index >= 15 is 0 Å². The molecule has 0 aromatic heterocycles. The molecule has 0 N–H and O–H groups in total. The second kappa shape index (κ2) is 5.11. The molecule has 0 aromatic rings. The molecular formula is C13H19NO. The highest BCUT2D eigenvalue weighted by molar-refractivity contribution is 5.82. The van der Waals surface area contributed by atoms with E-state index in [1.54, 1.807) is 0 Å². The zero-order chi connectivity index (χ0) is 11.4. The van der Waals surface area contributed by atoms with Crippen molar-refractivity contribution in [3.05, 3.63) is 12.2 Å². The summed E-state index contributed by atoms with van der Waals surface area (Å²) < 4.78 is 0. The first-order chi connectivity index (χ1) is 7.06. The zero-order valence-corrected chi connectivity index (χ0v) is 9.62. The van der Waals surface area contributed by atoms with Crippen LogP contribution in [0.1, 0.15) is 39.5 Å². The van der Waals surface area contributed by atoms with Gasteiger partial charge in [0.1, 0.15) is 5.78 Å². The third-order valence-corrected chi connectivity index (χ3v) is 3.57. The lowest BCUT2D eigenvalue weighted by Gasteiger charge is -2.33. The Morgan fingerprint density at radius 1 is 1.67 bits per heavy atom. The number of allylic oxidation sites excluding steroid dienone is 1. The number of Topliss-reactive ketones (excluding diaryl/α,β-unsaturated/α-hetero) is 1. The van der Waals surface area contributed by atoms with Crippen LogP contribution >= 0.6 is 0 Å². The molecule has 0 saturated heterocycles. The highest BCUT2D eigenvalue weighted by Crippen LogP contribution is 2.36. The third-order valence-electron chi connectivity index (χ3n) is 3.57. The van der Waals surface area contributed by atoms with E-state index in [2.05, 4.69) is 12.6 Å². The van der Waals surface area contributed by atoms with Gasteiger partial charge in [-0.05, 0) is 31.6 Å². The zero-order valence-electron chi connectivity index (χ0n) is 9.62. The van der Waals surface area contributed by atoms with Gasteiger partial charge in [-0.3, -0.25) is 4.79 Å². The Hall–Kier alpha value is -1.10. The molecule has 0 heterocycles. The molecule has 0 unspecified atom stereocenters. The Bertz CT molecular complexity index is 300. The number of hydrogen-bond acceptors (Lipinski definition) is 2.